The zero-order chi connectivity index (χ0) is 12.3. The Balaban J connectivity index is 2.47. The van der Waals surface area contributed by atoms with Gasteiger partial charge in [0.05, 0.1) is 12.8 Å². The second kappa shape index (κ2) is 4.91. The van der Waals surface area contributed by atoms with Gasteiger partial charge in [-0.3, -0.25) is 4.68 Å². The number of aryl methyl sites for hydroxylation is 1. The van der Waals surface area contributed by atoms with Crippen molar-refractivity contribution in [1.82, 2.24) is 9.78 Å². The van der Waals surface area contributed by atoms with Gasteiger partial charge in [-0.2, -0.15) is 5.10 Å². The first-order chi connectivity index (χ1) is 8.26. The summed E-state index contributed by atoms with van der Waals surface area (Å²) in [6.07, 6.45) is 2.74. The summed E-state index contributed by atoms with van der Waals surface area (Å²) in [7, 11) is 1.61. The number of hydrogen-bond acceptors (Lipinski definition) is 3. The molecule has 90 valence electrons. The fourth-order valence-corrected chi connectivity index (χ4v) is 1.80. The van der Waals surface area contributed by atoms with Crippen LogP contribution in [0.4, 0.5) is 0 Å². The van der Waals surface area contributed by atoms with Crippen LogP contribution in [0.15, 0.2) is 30.5 Å². The summed E-state index contributed by atoms with van der Waals surface area (Å²) < 4.78 is 7.05. The summed E-state index contributed by atoms with van der Waals surface area (Å²) in [6.45, 7) is 2.93. The molecule has 0 unspecified atom stereocenters. The molecular formula is C13H16N2O2. The lowest BCUT2D eigenvalue weighted by Gasteiger charge is -2.09. The van der Waals surface area contributed by atoms with Crippen molar-refractivity contribution in [3.05, 3.63) is 30.5 Å². The first-order valence-electron chi connectivity index (χ1n) is 5.65. The first kappa shape index (κ1) is 11.5. The number of aromatic hydroxyl groups is 1. The van der Waals surface area contributed by atoms with Gasteiger partial charge in [0.15, 0.2) is 0 Å². The van der Waals surface area contributed by atoms with E-state index in [4.69, 9.17) is 4.74 Å². The molecule has 0 atom stereocenters. The van der Waals surface area contributed by atoms with Crippen LogP contribution in [-0.4, -0.2) is 22.0 Å². The molecule has 0 bridgehead atoms. The normalized spacial score (nSPS) is 10.5. The molecule has 0 saturated carbocycles. The summed E-state index contributed by atoms with van der Waals surface area (Å²) in [5, 5.41) is 14.1. The maximum Gasteiger partial charge on any atom is 0.125 e. The van der Waals surface area contributed by atoms with Gasteiger partial charge in [0.2, 0.25) is 0 Å². The third kappa shape index (κ3) is 2.25. The molecular weight excluding hydrogens is 216 g/mol. The molecule has 1 N–H and O–H groups in total. The second-order valence-electron chi connectivity index (χ2n) is 3.82. The molecule has 1 heterocycles. The minimum absolute atomic E-state index is 0.239. The van der Waals surface area contributed by atoms with Crippen LogP contribution in [0.3, 0.4) is 0 Å². The average Bonchev–Trinajstić information content (AvgIpc) is 2.78. The summed E-state index contributed by atoms with van der Waals surface area (Å²) in [4.78, 5) is 0. The van der Waals surface area contributed by atoms with Crippen molar-refractivity contribution in [2.75, 3.05) is 7.11 Å². The Bertz CT molecular complexity index is 506. The Kier molecular flexibility index (Phi) is 3.32. The van der Waals surface area contributed by atoms with Crippen molar-refractivity contribution in [2.45, 2.75) is 19.9 Å². The molecule has 0 aliphatic rings. The van der Waals surface area contributed by atoms with Crippen LogP contribution in [0, 0.1) is 0 Å². The topological polar surface area (TPSA) is 47.3 Å². The van der Waals surface area contributed by atoms with E-state index in [0.717, 1.165) is 30.0 Å². The van der Waals surface area contributed by atoms with Gasteiger partial charge in [0.1, 0.15) is 11.5 Å². The van der Waals surface area contributed by atoms with Crippen LogP contribution in [0.5, 0.6) is 11.5 Å². The predicted molar refractivity (Wildman–Crippen MR) is 66.2 cm³/mol. The fourth-order valence-electron chi connectivity index (χ4n) is 1.80. The lowest BCUT2D eigenvalue weighted by atomic mass is 10.1. The first-order valence-corrected chi connectivity index (χ1v) is 5.65. The molecule has 0 fully saturated rings. The Labute approximate surface area is 100 Å². The highest BCUT2D eigenvalue weighted by Crippen LogP contribution is 2.32. The molecule has 1 aromatic heterocycles. The van der Waals surface area contributed by atoms with E-state index >= 15 is 0 Å². The lowest BCUT2D eigenvalue weighted by Crippen LogP contribution is -2.01. The van der Waals surface area contributed by atoms with E-state index in [-0.39, 0.29) is 5.75 Å². The van der Waals surface area contributed by atoms with E-state index in [1.165, 1.54) is 0 Å². The summed E-state index contributed by atoms with van der Waals surface area (Å²) >= 11 is 0. The standard InChI is InChI=1S/C13H16N2O2/c1-3-8-15-12(6-7-14-15)11-9-10(17-2)4-5-13(11)16/h4-7,9,16H,3,8H2,1-2H3. The molecule has 0 radical (unpaired) electrons. The number of benzene rings is 1. The molecule has 4 nitrogen and oxygen atoms in total. The minimum Gasteiger partial charge on any atom is -0.507 e. The third-order valence-electron chi connectivity index (χ3n) is 2.63. The van der Waals surface area contributed by atoms with Gasteiger partial charge in [0, 0.05) is 18.3 Å². The Morgan fingerprint density at radius 2 is 2.18 bits per heavy atom. The number of phenols is 1. The molecule has 0 amide bonds. The van der Waals surface area contributed by atoms with Crippen LogP contribution >= 0.6 is 0 Å². The third-order valence-corrected chi connectivity index (χ3v) is 2.63. The lowest BCUT2D eigenvalue weighted by molar-refractivity contribution is 0.412. The molecule has 2 rings (SSSR count). The van der Waals surface area contributed by atoms with Gasteiger partial charge in [-0.05, 0) is 30.7 Å². The van der Waals surface area contributed by atoms with Crippen molar-refractivity contribution in [3.8, 4) is 22.8 Å². The highest BCUT2D eigenvalue weighted by atomic mass is 16.5. The van der Waals surface area contributed by atoms with Crippen LogP contribution in [0.1, 0.15) is 13.3 Å². The highest BCUT2D eigenvalue weighted by Gasteiger charge is 2.10. The molecule has 0 spiro atoms. The van der Waals surface area contributed by atoms with E-state index < -0.39 is 0 Å². The molecule has 1 aromatic carbocycles. The van der Waals surface area contributed by atoms with E-state index in [1.54, 1.807) is 25.4 Å². The minimum atomic E-state index is 0.239. The number of rotatable bonds is 4. The number of hydrogen-bond donors (Lipinski definition) is 1. The largest absolute Gasteiger partial charge is 0.507 e. The van der Waals surface area contributed by atoms with Gasteiger partial charge in [0.25, 0.3) is 0 Å². The van der Waals surface area contributed by atoms with Crippen molar-refractivity contribution in [2.24, 2.45) is 0 Å². The smallest absolute Gasteiger partial charge is 0.125 e. The highest BCUT2D eigenvalue weighted by molar-refractivity contribution is 5.68. The van der Waals surface area contributed by atoms with Crippen molar-refractivity contribution in [1.29, 1.82) is 0 Å². The van der Waals surface area contributed by atoms with Gasteiger partial charge in [-0.25, -0.2) is 0 Å². The maximum absolute atomic E-state index is 9.90. The average molecular weight is 232 g/mol. The SMILES string of the molecule is CCCn1nccc1-c1cc(OC)ccc1O. The van der Waals surface area contributed by atoms with E-state index in [9.17, 15) is 5.11 Å². The zero-order valence-electron chi connectivity index (χ0n) is 10.1. The molecule has 0 aliphatic heterocycles. The van der Waals surface area contributed by atoms with Crippen LogP contribution in [-0.2, 0) is 6.54 Å². The molecule has 0 saturated heterocycles. The van der Waals surface area contributed by atoms with Gasteiger partial charge in [-0.1, -0.05) is 6.92 Å². The molecule has 4 heteroatoms. The number of nitrogens with zero attached hydrogens (tertiary/aromatic N) is 2. The molecule has 17 heavy (non-hydrogen) atoms. The van der Waals surface area contributed by atoms with Crippen molar-refractivity contribution < 1.29 is 9.84 Å². The Morgan fingerprint density at radius 3 is 2.88 bits per heavy atom. The molecule has 2 aromatic rings. The summed E-state index contributed by atoms with van der Waals surface area (Å²) in [5.74, 6) is 0.964. The fraction of sp³-hybridized carbons (Fsp3) is 0.308. The number of ether oxygens (including phenoxy) is 1. The van der Waals surface area contributed by atoms with Gasteiger partial charge >= 0.3 is 0 Å². The van der Waals surface area contributed by atoms with E-state index in [1.807, 2.05) is 16.8 Å². The van der Waals surface area contributed by atoms with E-state index in [0.29, 0.717) is 0 Å². The molecule has 0 aliphatic carbocycles. The monoisotopic (exact) mass is 232 g/mol. The van der Waals surface area contributed by atoms with Crippen LogP contribution in [0.25, 0.3) is 11.3 Å². The van der Waals surface area contributed by atoms with E-state index in [2.05, 4.69) is 12.0 Å². The van der Waals surface area contributed by atoms with Crippen molar-refractivity contribution >= 4 is 0 Å². The van der Waals surface area contributed by atoms with Crippen LogP contribution in [0.2, 0.25) is 0 Å². The summed E-state index contributed by atoms with van der Waals surface area (Å²) in [5.41, 5.74) is 1.65. The quantitative estimate of drug-likeness (QED) is 0.881. The Hall–Kier alpha value is -1.97. The van der Waals surface area contributed by atoms with Gasteiger partial charge < -0.3 is 9.84 Å². The number of methoxy groups -OCH3 is 1. The summed E-state index contributed by atoms with van der Waals surface area (Å²) in [6, 6.07) is 7.08. The van der Waals surface area contributed by atoms with Crippen LogP contribution < -0.4 is 4.74 Å². The number of phenolic OH excluding ortho intramolecular Hbond substituents is 1. The second-order valence-corrected chi connectivity index (χ2v) is 3.82. The van der Waals surface area contributed by atoms with Gasteiger partial charge in [-0.15, -0.1) is 0 Å². The van der Waals surface area contributed by atoms with Crippen molar-refractivity contribution in [3.63, 3.8) is 0 Å². The number of aromatic nitrogens is 2. The Morgan fingerprint density at radius 1 is 1.35 bits per heavy atom. The predicted octanol–water partition coefficient (Wildman–Crippen LogP) is 2.67. The zero-order valence-corrected chi connectivity index (χ0v) is 10.1. The maximum atomic E-state index is 9.90.